The summed E-state index contributed by atoms with van der Waals surface area (Å²) < 4.78 is 11.2. The summed E-state index contributed by atoms with van der Waals surface area (Å²) in [4.78, 5) is 4.86. The zero-order chi connectivity index (χ0) is 28.1. The van der Waals surface area contributed by atoms with Crippen molar-refractivity contribution >= 4 is 70.9 Å². The number of fused-ring (bicyclic) bond motifs is 13. The van der Waals surface area contributed by atoms with Crippen LogP contribution in [0.25, 0.3) is 87.9 Å². The normalized spacial score (nSPS) is 12.2. The topological polar surface area (TPSA) is 35.4 Å². The summed E-state index contributed by atoms with van der Waals surface area (Å²) in [7, 11) is 0. The Kier molecular flexibility index (Phi) is 4.42. The minimum absolute atomic E-state index is 0.902. The lowest BCUT2D eigenvalue weighted by atomic mass is 9.98. The summed E-state index contributed by atoms with van der Waals surface area (Å²) >= 11 is 0. The van der Waals surface area contributed by atoms with E-state index in [1.807, 2.05) is 30.5 Å². The van der Waals surface area contributed by atoms with Crippen molar-refractivity contribution in [1.82, 2.24) is 14.0 Å². The van der Waals surface area contributed by atoms with Crippen molar-refractivity contribution in [3.05, 3.63) is 140 Å². The highest BCUT2D eigenvalue weighted by molar-refractivity contribution is 6.36. The van der Waals surface area contributed by atoms with Crippen molar-refractivity contribution in [2.75, 3.05) is 0 Å². The van der Waals surface area contributed by atoms with Gasteiger partial charge in [0.15, 0.2) is 5.58 Å². The van der Waals surface area contributed by atoms with E-state index in [2.05, 4.69) is 118 Å². The monoisotopic (exact) mass is 549 g/mol. The Morgan fingerprint density at radius 1 is 0.535 bits per heavy atom. The molecule has 10 rings (SSSR count). The maximum Gasteiger partial charge on any atom is 0.160 e. The predicted octanol–water partition coefficient (Wildman–Crippen LogP) is 10.3. The molecule has 0 bridgehead atoms. The molecule has 0 aliphatic carbocycles. The highest BCUT2D eigenvalue weighted by Gasteiger charge is 2.24. The van der Waals surface area contributed by atoms with Crippen LogP contribution < -0.4 is 0 Å². The highest BCUT2D eigenvalue weighted by Crippen LogP contribution is 2.47. The summed E-state index contributed by atoms with van der Waals surface area (Å²) in [6.07, 6.45) is 4.12. The first kappa shape index (κ1) is 22.8. The van der Waals surface area contributed by atoms with Crippen LogP contribution in [0.4, 0.5) is 0 Å². The third-order valence-electron chi connectivity index (χ3n) is 8.92. The van der Waals surface area contributed by atoms with Gasteiger partial charge >= 0.3 is 0 Å². The Balaban J connectivity index is 1.37. The molecule has 0 unspecified atom stereocenters. The Morgan fingerprint density at radius 2 is 1.26 bits per heavy atom. The number of hydrogen-bond acceptors (Lipinski definition) is 2. The van der Waals surface area contributed by atoms with Crippen molar-refractivity contribution in [1.29, 1.82) is 0 Å². The second kappa shape index (κ2) is 8.34. The molecule has 0 amide bonds. The van der Waals surface area contributed by atoms with Gasteiger partial charge in [-0.25, -0.2) is 4.98 Å². The summed E-state index contributed by atoms with van der Waals surface area (Å²) in [6.45, 7) is 0. The quantitative estimate of drug-likeness (QED) is 0.215. The number of furan rings is 1. The summed E-state index contributed by atoms with van der Waals surface area (Å²) in [5.41, 5.74) is 8.16. The fourth-order valence-electron chi connectivity index (χ4n) is 7.05. The molecule has 200 valence electrons. The van der Waals surface area contributed by atoms with Crippen LogP contribution in [0.15, 0.2) is 144 Å². The Bertz CT molecular complexity index is 2690. The molecular formula is C39H23N3O. The fourth-order valence-corrected chi connectivity index (χ4v) is 7.05. The number of aromatic nitrogens is 3. The Hall–Kier alpha value is -5.87. The van der Waals surface area contributed by atoms with Crippen LogP contribution in [-0.4, -0.2) is 14.0 Å². The SMILES string of the molecule is c1ccc2c(c1)ccc1c3c4ccccc4c4c5ccccc5oc4c3n(-c3ccc(-c4cn5ccccc5n4)cc3)c21. The molecule has 0 fully saturated rings. The molecule has 0 radical (unpaired) electrons. The molecule has 0 atom stereocenters. The average Bonchev–Trinajstić information content (AvgIpc) is 3.77. The van der Waals surface area contributed by atoms with E-state index in [0.29, 0.717) is 0 Å². The van der Waals surface area contributed by atoms with Crippen molar-refractivity contribution in [3.8, 4) is 16.9 Å². The van der Waals surface area contributed by atoms with Crippen LogP contribution in [0.5, 0.6) is 0 Å². The molecular weight excluding hydrogens is 526 g/mol. The van der Waals surface area contributed by atoms with Crippen LogP contribution in [-0.2, 0) is 0 Å². The molecule has 4 heterocycles. The Labute approximate surface area is 245 Å². The predicted molar refractivity (Wildman–Crippen MR) is 177 cm³/mol. The van der Waals surface area contributed by atoms with Crippen LogP contribution >= 0.6 is 0 Å². The van der Waals surface area contributed by atoms with E-state index in [-0.39, 0.29) is 0 Å². The van der Waals surface area contributed by atoms with Crippen LogP contribution in [0.2, 0.25) is 0 Å². The first-order chi connectivity index (χ1) is 21.3. The molecule has 0 aliphatic heterocycles. The standard InChI is InChI=1S/C39H23N3O/c1-2-10-27-24(9-1)18-21-31-35-28-11-3-4-12-29(28)36-30-13-5-6-14-33(30)43-39(36)38(35)42(37(27)31)26-19-16-25(17-20-26)32-23-41-22-8-7-15-34(41)40-32/h1-23H. The van der Waals surface area contributed by atoms with Gasteiger partial charge in [0.05, 0.1) is 16.7 Å². The number of imidazole rings is 1. The number of para-hydroxylation sites is 1. The minimum Gasteiger partial charge on any atom is -0.454 e. The lowest BCUT2D eigenvalue weighted by Gasteiger charge is -2.11. The summed E-state index contributed by atoms with van der Waals surface area (Å²) in [6, 6.07) is 45.2. The van der Waals surface area contributed by atoms with Gasteiger partial charge in [0.2, 0.25) is 0 Å². The second-order valence-electron chi connectivity index (χ2n) is 11.2. The molecule has 43 heavy (non-hydrogen) atoms. The van der Waals surface area contributed by atoms with Crippen LogP contribution in [0.3, 0.4) is 0 Å². The van der Waals surface area contributed by atoms with Gasteiger partial charge in [-0.1, -0.05) is 97.1 Å². The molecule has 0 saturated heterocycles. The fraction of sp³-hybridized carbons (Fsp3) is 0. The average molecular weight is 550 g/mol. The summed E-state index contributed by atoms with van der Waals surface area (Å²) in [5, 5.41) is 9.61. The highest BCUT2D eigenvalue weighted by atomic mass is 16.3. The molecule has 0 aliphatic rings. The largest absolute Gasteiger partial charge is 0.454 e. The van der Waals surface area contributed by atoms with Crippen LogP contribution in [0, 0.1) is 0 Å². The maximum atomic E-state index is 6.77. The molecule has 0 saturated carbocycles. The van der Waals surface area contributed by atoms with Gasteiger partial charge in [-0.05, 0) is 46.5 Å². The molecule has 0 spiro atoms. The molecule has 4 nitrogen and oxygen atoms in total. The minimum atomic E-state index is 0.902. The summed E-state index contributed by atoms with van der Waals surface area (Å²) in [5.74, 6) is 0. The van der Waals surface area contributed by atoms with E-state index in [9.17, 15) is 0 Å². The third-order valence-corrected chi connectivity index (χ3v) is 8.92. The zero-order valence-electron chi connectivity index (χ0n) is 23.0. The van der Waals surface area contributed by atoms with Crippen molar-refractivity contribution < 1.29 is 4.42 Å². The van der Waals surface area contributed by atoms with E-state index in [4.69, 9.17) is 9.40 Å². The number of benzene rings is 6. The number of nitrogens with zero attached hydrogens (tertiary/aromatic N) is 3. The van der Waals surface area contributed by atoms with E-state index in [0.717, 1.165) is 50.0 Å². The van der Waals surface area contributed by atoms with E-state index in [1.165, 1.54) is 37.8 Å². The molecule has 10 aromatic rings. The lowest BCUT2D eigenvalue weighted by Crippen LogP contribution is -1.95. The van der Waals surface area contributed by atoms with Crippen LogP contribution in [0.1, 0.15) is 0 Å². The van der Waals surface area contributed by atoms with Crippen molar-refractivity contribution in [3.63, 3.8) is 0 Å². The van der Waals surface area contributed by atoms with Gasteiger partial charge in [-0.15, -0.1) is 0 Å². The van der Waals surface area contributed by atoms with Gasteiger partial charge in [-0.2, -0.15) is 0 Å². The van der Waals surface area contributed by atoms with Crippen molar-refractivity contribution in [2.24, 2.45) is 0 Å². The van der Waals surface area contributed by atoms with E-state index in [1.54, 1.807) is 0 Å². The van der Waals surface area contributed by atoms with Gasteiger partial charge in [0, 0.05) is 50.6 Å². The smallest absolute Gasteiger partial charge is 0.160 e. The van der Waals surface area contributed by atoms with E-state index < -0.39 is 0 Å². The number of rotatable bonds is 2. The van der Waals surface area contributed by atoms with Gasteiger partial charge in [-0.3, -0.25) is 0 Å². The Morgan fingerprint density at radius 3 is 2.09 bits per heavy atom. The van der Waals surface area contributed by atoms with Gasteiger partial charge in [0.25, 0.3) is 0 Å². The van der Waals surface area contributed by atoms with Crippen molar-refractivity contribution in [2.45, 2.75) is 0 Å². The molecule has 0 N–H and O–H groups in total. The third kappa shape index (κ3) is 3.07. The zero-order valence-corrected chi connectivity index (χ0v) is 23.0. The van der Waals surface area contributed by atoms with E-state index >= 15 is 0 Å². The maximum absolute atomic E-state index is 6.77. The molecule has 4 aromatic heterocycles. The van der Waals surface area contributed by atoms with Gasteiger partial charge < -0.3 is 13.4 Å². The molecule has 6 aromatic carbocycles. The first-order valence-electron chi connectivity index (χ1n) is 14.6. The number of hydrogen-bond donors (Lipinski definition) is 0. The first-order valence-corrected chi connectivity index (χ1v) is 14.6. The molecule has 4 heteroatoms. The second-order valence-corrected chi connectivity index (χ2v) is 11.2. The van der Waals surface area contributed by atoms with Gasteiger partial charge in [0.1, 0.15) is 11.2 Å². The number of pyridine rings is 1. The lowest BCUT2D eigenvalue weighted by molar-refractivity contribution is 0.671.